The molecule has 38 heavy (non-hydrogen) atoms. The molecule has 0 aliphatic heterocycles. The minimum absolute atomic E-state index is 0.149. The number of anilines is 3. The minimum Gasteiger partial charge on any atom is -0.395 e. The highest BCUT2D eigenvalue weighted by atomic mass is 16.3. The fraction of sp³-hybridized carbons (Fsp3) is 0.148. The molecule has 2 amide bonds. The summed E-state index contributed by atoms with van der Waals surface area (Å²) < 4.78 is 3.44. The second kappa shape index (κ2) is 10.5. The van der Waals surface area contributed by atoms with Crippen LogP contribution in [0.15, 0.2) is 73.7 Å². The molecule has 3 aromatic heterocycles. The number of nitrogens with zero attached hydrogens (tertiary/aromatic N) is 5. The molecule has 0 saturated heterocycles. The predicted molar refractivity (Wildman–Crippen MR) is 143 cm³/mol. The largest absolute Gasteiger partial charge is 0.395 e. The van der Waals surface area contributed by atoms with Crippen LogP contribution < -0.4 is 16.0 Å². The lowest BCUT2D eigenvalue weighted by molar-refractivity contribution is 0.0943. The summed E-state index contributed by atoms with van der Waals surface area (Å²) in [6, 6.07) is 12.9. The van der Waals surface area contributed by atoms with E-state index in [0.29, 0.717) is 39.4 Å². The number of amides is 2. The number of imidazole rings is 1. The van der Waals surface area contributed by atoms with E-state index in [-0.39, 0.29) is 25.0 Å². The van der Waals surface area contributed by atoms with Crippen molar-refractivity contribution in [1.29, 1.82) is 0 Å². The van der Waals surface area contributed by atoms with Crippen LogP contribution in [0.3, 0.4) is 0 Å². The van der Waals surface area contributed by atoms with Gasteiger partial charge in [0, 0.05) is 47.8 Å². The Morgan fingerprint density at radius 2 is 1.95 bits per heavy atom. The number of aliphatic hydroxyl groups excluding tert-OH is 1. The lowest BCUT2D eigenvalue weighted by Crippen LogP contribution is -2.26. The van der Waals surface area contributed by atoms with Crippen molar-refractivity contribution < 1.29 is 14.7 Å². The summed E-state index contributed by atoms with van der Waals surface area (Å²) in [7, 11) is 0. The van der Waals surface area contributed by atoms with Crippen molar-refractivity contribution in [3.05, 3.63) is 96.0 Å². The van der Waals surface area contributed by atoms with Crippen molar-refractivity contribution >= 4 is 34.5 Å². The topological polar surface area (TPSA) is 138 Å². The highest BCUT2D eigenvalue weighted by Gasteiger charge is 2.18. The first kappa shape index (κ1) is 24.7. The van der Waals surface area contributed by atoms with Crippen LogP contribution >= 0.6 is 0 Å². The third-order valence-electron chi connectivity index (χ3n) is 6.13. The molecule has 5 rings (SSSR count). The molecule has 0 unspecified atom stereocenters. The molecule has 11 nitrogen and oxygen atoms in total. The maximum Gasteiger partial charge on any atom is 0.255 e. The molecule has 0 bridgehead atoms. The van der Waals surface area contributed by atoms with E-state index in [9.17, 15) is 9.59 Å². The maximum atomic E-state index is 13.1. The van der Waals surface area contributed by atoms with Crippen LogP contribution in [0.2, 0.25) is 0 Å². The number of hydrogen-bond acceptors (Lipinski definition) is 7. The Morgan fingerprint density at radius 3 is 2.74 bits per heavy atom. The zero-order valence-electron chi connectivity index (χ0n) is 20.8. The number of carbonyl (C=O) groups is 2. The molecule has 0 spiro atoms. The average Bonchev–Trinajstić information content (AvgIpc) is 3.58. The number of hydrogen-bond donors (Lipinski definition) is 4. The number of fused-ring (bicyclic) bond motifs is 1. The fourth-order valence-corrected chi connectivity index (χ4v) is 4.13. The summed E-state index contributed by atoms with van der Waals surface area (Å²) in [5.74, 6) is -0.0715. The summed E-state index contributed by atoms with van der Waals surface area (Å²) in [5.41, 5.74) is 5.36. The van der Waals surface area contributed by atoms with Crippen molar-refractivity contribution in [2.45, 2.75) is 13.8 Å². The van der Waals surface area contributed by atoms with Gasteiger partial charge in [0.1, 0.15) is 11.8 Å². The summed E-state index contributed by atoms with van der Waals surface area (Å²) in [6.45, 7) is 3.75. The van der Waals surface area contributed by atoms with E-state index >= 15 is 0 Å². The third-order valence-corrected chi connectivity index (χ3v) is 6.13. The lowest BCUT2D eigenvalue weighted by atomic mass is 10.1. The van der Waals surface area contributed by atoms with Crippen molar-refractivity contribution in [1.82, 2.24) is 29.5 Å². The fourth-order valence-electron chi connectivity index (χ4n) is 4.13. The van der Waals surface area contributed by atoms with Crippen molar-refractivity contribution in [2.75, 3.05) is 23.8 Å². The molecule has 11 heteroatoms. The molecular weight excluding hydrogens is 484 g/mol. The summed E-state index contributed by atoms with van der Waals surface area (Å²) in [4.78, 5) is 34.1. The van der Waals surface area contributed by atoms with Gasteiger partial charge in [0.05, 0.1) is 18.5 Å². The normalized spacial score (nSPS) is 10.9. The Kier molecular flexibility index (Phi) is 6.83. The minimum atomic E-state index is -0.306. The molecule has 4 N–H and O–H groups in total. The van der Waals surface area contributed by atoms with Crippen LogP contribution in [0.4, 0.5) is 17.2 Å². The monoisotopic (exact) mass is 510 g/mol. The maximum absolute atomic E-state index is 13.1. The van der Waals surface area contributed by atoms with E-state index in [1.165, 1.54) is 6.33 Å². The molecule has 0 atom stereocenters. The second-order valence-corrected chi connectivity index (χ2v) is 8.68. The van der Waals surface area contributed by atoms with Crippen molar-refractivity contribution in [3.63, 3.8) is 0 Å². The van der Waals surface area contributed by atoms with Gasteiger partial charge in [0.2, 0.25) is 0 Å². The van der Waals surface area contributed by atoms with Gasteiger partial charge in [-0.1, -0.05) is 12.1 Å². The average molecular weight is 511 g/mol. The summed E-state index contributed by atoms with van der Waals surface area (Å²) >= 11 is 0. The number of aromatic nitrogens is 5. The first-order chi connectivity index (χ1) is 18.4. The number of aryl methyl sites for hydroxylation is 2. The SMILES string of the molecule is Cc1ccc(C(=O)Nc2cccc(-n3ccnc3)c2)cc1Nc1ncnn2cc(C(=O)NCCO)c(C)c12. The Labute approximate surface area is 218 Å². The zero-order valence-corrected chi connectivity index (χ0v) is 20.8. The van der Waals surface area contributed by atoms with Crippen LogP contribution in [0.5, 0.6) is 0 Å². The Bertz CT molecular complexity index is 1630. The van der Waals surface area contributed by atoms with E-state index in [2.05, 4.69) is 31.0 Å². The number of benzene rings is 2. The first-order valence-corrected chi connectivity index (χ1v) is 11.9. The summed E-state index contributed by atoms with van der Waals surface area (Å²) in [5, 5.41) is 22.2. The van der Waals surface area contributed by atoms with E-state index in [1.807, 2.05) is 54.9 Å². The van der Waals surface area contributed by atoms with Gasteiger partial charge in [-0.15, -0.1) is 0 Å². The zero-order chi connectivity index (χ0) is 26.6. The highest BCUT2D eigenvalue weighted by molar-refractivity contribution is 6.05. The molecule has 0 aliphatic rings. The van der Waals surface area contributed by atoms with Crippen molar-refractivity contribution in [3.8, 4) is 5.69 Å². The molecule has 0 aliphatic carbocycles. The van der Waals surface area contributed by atoms with Crippen molar-refractivity contribution in [2.24, 2.45) is 0 Å². The molecular formula is C27H26N8O3. The Hall–Kier alpha value is -5.03. The molecule has 5 aromatic rings. The van der Waals surface area contributed by atoms with E-state index in [0.717, 1.165) is 11.3 Å². The molecule has 3 heterocycles. The predicted octanol–water partition coefficient (Wildman–Crippen LogP) is 3.25. The Morgan fingerprint density at radius 1 is 1.08 bits per heavy atom. The van der Waals surface area contributed by atoms with Gasteiger partial charge in [0.25, 0.3) is 11.8 Å². The quantitative estimate of drug-likeness (QED) is 0.251. The molecule has 0 saturated carbocycles. The number of nitrogens with one attached hydrogen (secondary N) is 3. The number of carbonyl (C=O) groups excluding carboxylic acids is 2. The van der Waals surface area contributed by atoms with E-state index in [4.69, 9.17) is 5.11 Å². The van der Waals surface area contributed by atoms with Gasteiger partial charge in [-0.3, -0.25) is 9.59 Å². The molecule has 192 valence electrons. The second-order valence-electron chi connectivity index (χ2n) is 8.68. The van der Waals surface area contributed by atoms with Crippen LogP contribution in [0.25, 0.3) is 11.2 Å². The third kappa shape index (κ3) is 4.95. The number of aliphatic hydroxyl groups is 1. The first-order valence-electron chi connectivity index (χ1n) is 11.9. The standard InChI is InChI=1S/C27H26N8O3/c1-17-6-7-19(26(37)32-20-4-3-5-21(13-20)34-10-8-28-16-34)12-23(17)33-25-24-18(2)22(27(38)29-9-11-36)14-35(24)31-15-30-25/h3-8,10,12-16,36H,9,11H2,1-2H3,(H,29,38)(H,32,37)(H,30,31,33). The van der Waals surface area contributed by atoms with Gasteiger partial charge in [-0.2, -0.15) is 5.10 Å². The van der Waals surface area contributed by atoms with Gasteiger partial charge in [0.15, 0.2) is 5.82 Å². The van der Waals surface area contributed by atoms with E-state index in [1.54, 1.807) is 35.4 Å². The van der Waals surface area contributed by atoms with Gasteiger partial charge < -0.3 is 25.6 Å². The molecule has 0 radical (unpaired) electrons. The molecule has 0 fully saturated rings. The smallest absolute Gasteiger partial charge is 0.255 e. The van der Waals surface area contributed by atoms with Crippen LogP contribution in [0.1, 0.15) is 31.8 Å². The van der Waals surface area contributed by atoms with Crippen LogP contribution in [-0.4, -0.2) is 54.2 Å². The Balaban J connectivity index is 1.40. The van der Waals surface area contributed by atoms with E-state index < -0.39 is 0 Å². The lowest BCUT2D eigenvalue weighted by Gasteiger charge is -2.13. The highest BCUT2D eigenvalue weighted by Crippen LogP contribution is 2.28. The van der Waals surface area contributed by atoms with Crippen LogP contribution in [-0.2, 0) is 0 Å². The van der Waals surface area contributed by atoms with Gasteiger partial charge in [-0.05, 0) is 55.3 Å². The van der Waals surface area contributed by atoms with Gasteiger partial charge in [-0.25, -0.2) is 14.5 Å². The van der Waals surface area contributed by atoms with Gasteiger partial charge >= 0.3 is 0 Å². The number of rotatable bonds is 8. The molecule has 2 aromatic carbocycles. The summed E-state index contributed by atoms with van der Waals surface area (Å²) in [6.07, 6.45) is 8.24. The van der Waals surface area contributed by atoms with Crippen LogP contribution in [0, 0.1) is 13.8 Å².